The molecule has 0 spiro atoms. The Balaban J connectivity index is 2.61. The number of aromatic nitrogens is 2. The lowest BCUT2D eigenvalue weighted by Gasteiger charge is -2.04. The maximum absolute atomic E-state index is 10.4. The van der Waals surface area contributed by atoms with E-state index in [1.54, 1.807) is 0 Å². The highest BCUT2D eigenvalue weighted by Gasteiger charge is 2.14. The number of hydrogen-bond donors (Lipinski definition) is 3. The fourth-order valence-corrected chi connectivity index (χ4v) is 1.71. The van der Waals surface area contributed by atoms with E-state index in [1.807, 2.05) is 0 Å². The zero-order valence-electron chi connectivity index (χ0n) is 7.55. The summed E-state index contributed by atoms with van der Waals surface area (Å²) in [5.74, 6) is -0.446. The summed E-state index contributed by atoms with van der Waals surface area (Å²) in [6.07, 6.45) is 0. The lowest BCUT2D eigenvalue weighted by Crippen LogP contribution is -2.16. The molecule has 0 aliphatic rings. The van der Waals surface area contributed by atoms with Crippen LogP contribution in [0.4, 0.5) is 11.6 Å². The van der Waals surface area contributed by atoms with Crippen LogP contribution in [-0.4, -0.2) is 32.2 Å². The Kier molecular flexibility index (Phi) is 3.98. The average molecular weight is 249 g/mol. The van der Waals surface area contributed by atoms with Crippen LogP contribution in [-0.2, 0) is 4.79 Å². The Labute approximate surface area is 95.0 Å². The maximum atomic E-state index is 10.4. The van der Waals surface area contributed by atoms with Gasteiger partial charge in [0.15, 0.2) is 5.16 Å². The minimum Gasteiger partial charge on any atom is -0.480 e. The molecule has 0 aliphatic carbocycles. The summed E-state index contributed by atoms with van der Waals surface area (Å²) in [6, 6.07) is 1.42. The highest BCUT2D eigenvalue weighted by molar-refractivity contribution is 7.99. The number of carboxylic acids is 1. The first-order valence-electron chi connectivity index (χ1n) is 3.88. The number of aliphatic carboxylic acids is 1. The van der Waals surface area contributed by atoms with Gasteiger partial charge in [0.1, 0.15) is 17.0 Å². The average Bonchev–Trinajstić information content (AvgIpc) is 2.12. The molecular formula is C7H9ClN4O2S. The van der Waals surface area contributed by atoms with Crippen molar-refractivity contribution in [3.63, 3.8) is 0 Å². The number of hydrogen-bond acceptors (Lipinski definition) is 6. The highest BCUT2D eigenvalue weighted by atomic mass is 35.5. The largest absolute Gasteiger partial charge is 0.480 e. The normalized spacial score (nSPS) is 12.3. The van der Waals surface area contributed by atoms with Gasteiger partial charge in [0.25, 0.3) is 0 Å². The fourth-order valence-electron chi connectivity index (χ4n) is 0.745. The van der Waals surface area contributed by atoms with E-state index >= 15 is 0 Å². The Morgan fingerprint density at radius 2 is 2.07 bits per heavy atom. The summed E-state index contributed by atoms with van der Waals surface area (Å²) in [5.41, 5.74) is 10.9. The predicted molar refractivity (Wildman–Crippen MR) is 58.9 cm³/mol. The van der Waals surface area contributed by atoms with Gasteiger partial charge in [0.2, 0.25) is 0 Å². The molecule has 1 unspecified atom stereocenters. The third-order valence-electron chi connectivity index (χ3n) is 1.37. The van der Waals surface area contributed by atoms with Gasteiger partial charge in [-0.25, -0.2) is 9.97 Å². The summed E-state index contributed by atoms with van der Waals surface area (Å²) in [5, 5.41) is 7.87. The van der Waals surface area contributed by atoms with Gasteiger partial charge in [-0.15, -0.1) is 11.6 Å². The molecule has 0 aliphatic heterocycles. The van der Waals surface area contributed by atoms with Gasteiger partial charge in [-0.3, -0.25) is 4.79 Å². The third kappa shape index (κ3) is 3.80. The van der Waals surface area contributed by atoms with Crippen LogP contribution in [0.5, 0.6) is 0 Å². The number of alkyl halides is 1. The minimum atomic E-state index is -1.08. The highest BCUT2D eigenvalue weighted by Crippen LogP contribution is 2.18. The first kappa shape index (κ1) is 11.9. The molecule has 6 nitrogen and oxygen atoms in total. The molecule has 1 aromatic heterocycles. The molecule has 0 saturated heterocycles. The summed E-state index contributed by atoms with van der Waals surface area (Å²) in [6.45, 7) is 0. The second kappa shape index (κ2) is 5.04. The van der Waals surface area contributed by atoms with Crippen molar-refractivity contribution < 1.29 is 9.90 Å². The summed E-state index contributed by atoms with van der Waals surface area (Å²) >= 11 is 6.60. The van der Waals surface area contributed by atoms with Gasteiger partial charge in [0.05, 0.1) is 0 Å². The molecule has 1 aromatic rings. The fraction of sp³-hybridized carbons (Fsp3) is 0.286. The monoisotopic (exact) mass is 248 g/mol. The van der Waals surface area contributed by atoms with Crippen LogP contribution in [0.3, 0.4) is 0 Å². The van der Waals surface area contributed by atoms with Crippen molar-refractivity contribution in [2.24, 2.45) is 0 Å². The Hall–Kier alpha value is -1.21. The van der Waals surface area contributed by atoms with Gasteiger partial charge >= 0.3 is 5.97 Å². The van der Waals surface area contributed by atoms with Crippen LogP contribution < -0.4 is 11.5 Å². The molecule has 0 radical (unpaired) electrons. The second-order valence-corrected chi connectivity index (χ2v) is 4.13. The number of nitrogens with two attached hydrogens (primary N) is 2. The summed E-state index contributed by atoms with van der Waals surface area (Å²) in [7, 11) is 0. The Morgan fingerprint density at radius 3 is 2.53 bits per heavy atom. The number of nitrogens with zero attached hydrogens (tertiary/aromatic N) is 2. The Bertz CT molecular complexity index is 356. The van der Waals surface area contributed by atoms with Crippen LogP contribution in [0.25, 0.3) is 0 Å². The number of carboxylic acid groups (broad SMARTS) is 1. The molecule has 82 valence electrons. The van der Waals surface area contributed by atoms with Gasteiger partial charge < -0.3 is 16.6 Å². The standard InChI is InChI=1S/C7H9ClN4O2S/c8-3(6(13)14)2-15-7-11-4(9)1-5(10)12-7/h1,3H,2H2,(H,13,14)(H4,9,10,11,12). The molecule has 1 heterocycles. The van der Waals surface area contributed by atoms with Crippen molar-refractivity contribution in [1.29, 1.82) is 0 Å². The van der Waals surface area contributed by atoms with Gasteiger partial charge in [0, 0.05) is 11.8 Å². The van der Waals surface area contributed by atoms with Crippen LogP contribution in [0.15, 0.2) is 11.2 Å². The second-order valence-electron chi connectivity index (χ2n) is 2.62. The number of nitrogen functional groups attached to an aromatic ring is 2. The maximum Gasteiger partial charge on any atom is 0.322 e. The van der Waals surface area contributed by atoms with E-state index in [0.717, 1.165) is 11.8 Å². The molecule has 15 heavy (non-hydrogen) atoms. The molecule has 8 heteroatoms. The SMILES string of the molecule is Nc1cc(N)nc(SCC(Cl)C(=O)O)n1. The minimum absolute atomic E-state index is 0.153. The van der Waals surface area contributed by atoms with E-state index in [1.165, 1.54) is 6.07 Å². The zero-order valence-corrected chi connectivity index (χ0v) is 9.13. The van der Waals surface area contributed by atoms with Crippen molar-refractivity contribution in [1.82, 2.24) is 9.97 Å². The number of carbonyl (C=O) groups is 1. The van der Waals surface area contributed by atoms with E-state index in [-0.39, 0.29) is 17.4 Å². The molecule has 0 bridgehead atoms. The van der Waals surface area contributed by atoms with Crippen molar-refractivity contribution in [2.75, 3.05) is 17.2 Å². The van der Waals surface area contributed by atoms with E-state index in [9.17, 15) is 4.79 Å². The molecule has 1 atom stereocenters. The van der Waals surface area contributed by atoms with Crippen LogP contribution in [0, 0.1) is 0 Å². The molecule has 1 rings (SSSR count). The van der Waals surface area contributed by atoms with Crippen LogP contribution in [0.1, 0.15) is 0 Å². The first-order chi connectivity index (χ1) is 6.99. The molecule has 0 amide bonds. The lowest BCUT2D eigenvalue weighted by molar-refractivity contribution is -0.136. The van der Waals surface area contributed by atoms with Crippen LogP contribution >= 0.6 is 23.4 Å². The molecule has 0 saturated carbocycles. The number of anilines is 2. The van der Waals surface area contributed by atoms with E-state index in [0.29, 0.717) is 5.16 Å². The zero-order chi connectivity index (χ0) is 11.4. The van der Waals surface area contributed by atoms with Crippen LogP contribution in [0.2, 0.25) is 0 Å². The van der Waals surface area contributed by atoms with Crippen molar-refractivity contribution >= 4 is 41.0 Å². The van der Waals surface area contributed by atoms with Crippen molar-refractivity contribution in [2.45, 2.75) is 10.5 Å². The van der Waals surface area contributed by atoms with Gasteiger partial charge in [-0.05, 0) is 0 Å². The Morgan fingerprint density at radius 1 is 1.53 bits per heavy atom. The third-order valence-corrected chi connectivity index (χ3v) is 2.84. The van der Waals surface area contributed by atoms with E-state index < -0.39 is 11.3 Å². The summed E-state index contributed by atoms with van der Waals surface area (Å²) < 4.78 is 0. The topological polar surface area (TPSA) is 115 Å². The number of halogens is 1. The van der Waals surface area contributed by atoms with Crippen molar-refractivity contribution in [3.8, 4) is 0 Å². The quantitative estimate of drug-likeness (QED) is 0.402. The predicted octanol–water partition coefficient (Wildman–Crippen LogP) is 0.425. The lowest BCUT2D eigenvalue weighted by atomic mass is 10.5. The molecule has 0 aromatic carbocycles. The summed E-state index contributed by atoms with van der Waals surface area (Å²) in [4.78, 5) is 18.1. The first-order valence-corrected chi connectivity index (χ1v) is 5.31. The molecular weight excluding hydrogens is 240 g/mol. The molecule has 0 fully saturated rings. The van der Waals surface area contributed by atoms with E-state index in [2.05, 4.69) is 9.97 Å². The van der Waals surface area contributed by atoms with E-state index in [4.69, 9.17) is 28.2 Å². The van der Waals surface area contributed by atoms with Crippen molar-refractivity contribution in [3.05, 3.63) is 6.07 Å². The number of thioether (sulfide) groups is 1. The van der Waals surface area contributed by atoms with Gasteiger partial charge in [-0.2, -0.15) is 0 Å². The smallest absolute Gasteiger partial charge is 0.322 e. The molecule has 5 N–H and O–H groups in total. The number of rotatable bonds is 4. The van der Waals surface area contributed by atoms with Gasteiger partial charge in [-0.1, -0.05) is 11.8 Å².